The standard InChI is InChI=1S/C13H25N3/c1-5-8-14-10-12(2)16-9-6-7-13(11-16)15(3)4/h1,12-14H,6-11H2,2-4H3. The first-order valence-corrected chi connectivity index (χ1v) is 6.19. The first kappa shape index (κ1) is 13.5. The van der Waals surface area contributed by atoms with Gasteiger partial charge < -0.3 is 10.2 Å². The van der Waals surface area contributed by atoms with E-state index in [1.807, 2.05) is 0 Å². The second-order valence-corrected chi connectivity index (χ2v) is 4.94. The van der Waals surface area contributed by atoms with Gasteiger partial charge in [-0.25, -0.2) is 0 Å². The van der Waals surface area contributed by atoms with Crippen LogP contribution < -0.4 is 5.32 Å². The minimum absolute atomic E-state index is 0.580. The molecule has 0 aromatic carbocycles. The van der Waals surface area contributed by atoms with E-state index >= 15 is 0 Å². The molecule has 0 radical (unpaired) electrons. The van der Waals surface area contributed by atoms with Crippen LogP contribution in [-0.2, 0) is 0 Å². The molecule has 0 aromatic rings. The number of nitrogens with zero attached hydrogens (tertiary/aromatic N) is 2. The summed E-state index contributed by atoms with van der Waals surface area (Å²) in [5.74, 6) is 2.62. The molecule has 1 aliphatic heterocycles. The molecule has 16 heavy (non-hydrogen) atoms. The van der Waals surface area contributed by atoms with E-state index in [1.165, 1.54) is 25.9 Å². The minimum atomic E-state index is 0.580. The normalized spacial score (nSPS) is 24.3. The van der Waals surface area contributed by atoms with Crippen molar-refractivity contribution in [1.82, 2.24) is 15.1 Å². The molecule has 0 aliphatic carbocycles. The molecule has 2 unspecified atom stereocenters. The molecule has 0 aromatic heterocycles. The zero-order valence-corrected chi connectivity index (χ0v) is 10.9. The van der Waals surface area contributed by atoms with E-state index < -0.39 is 0 Å². The number of rotatable bonds is 5. The molecular formula is C13H25N3. The van der Waals surface area contributed by atoms with Crippen molar-refractivity contribution < 1.29 is 0 Å². The van der Waals surface area contributed by atoms with Crippen LogP contribution in [0.15, 0.2) is 0 Å². The predicted molar refractivity (Wildman–Crippen MR) is 69.4 cm³/mol. The van der Waals surface area contributed by atoms with E-state index in [2.05, 4.69) is 42.1 Å². The van der Waals surface area contributed by atoms with Crippen molar-refractivity contribution in [3.8, 4) is 12.3 Å². The number of hydrogen-bond acceptors (Lipinski definition) is 3. The molecule has 0 saturated carbocycles. The average Bonchev–Trinajstić information content (AvgIpc) is 2.29. The summed E-state index contributed by atoms with van der Waals surface area (Å²) in [5, 5.41) is 3.28. The Kier molecular flexibility index (Phi) is 5.83. The zero-order chi connectivity index (χ0) is 12.0. The van der Waals surface area contributed by atoms with Crippen molar-refractivity contribution in [1.29, 1.82) is 0 Å². The highest BCUT2D eigenvalue weighted by atomic mass is 15.2. The van der Waals surface area contributed by atoms with Crippen molar-refractivity contribution in [3.63, 3.8) is 0 Å². The molecule has 0 bridgehead atoms. The molecule has 0 spiro atoms. The van der Waals surface area contributed by atoms with Crippen LogP contribution in [0.1, 0.15) is 19.8 Å². The Hall–Kier alpha value is -0.560. The quantitative estimate of drug-likeness (QED) is 0.545. The van der Waals surface area contributed by atoms with Gasteiger partial charge in [0.25, 0.3) is 0 Å². The van der Waals surface area contributed by atoms with Crippen LogP contribution in [0.2, 0.25) is 0 Å². The zero-order valence-electron chi connectivity index (χ0n) is 10.9. The minimum Gasteiger partial charge on any atom is -0.305 e. The molecule has 3 nitrogen and oxygen atoms in total. The van der Waals surface area contributed by atoms with Gasteiger partial charge in [0.2, 0.25) is 0 Å². The smallest absolute Gasteiger partial charge is 0.0574 e. The van der Waals surface area contributed by atoms with Gasteiger partial charge in [-0.1, -0.05) is 5.92 Å². The summed E-state index contributed by atoms with van der Waals surface area (Å²) < 4.78 is 0. The third kappa shape index (κ3) is 4.13. The SMILES string of the molecule is C#CCNCC(C)N1CCCC(N(C)C)C1. The lowest BCUT2D eigenvalue weighted by atomic mass is 10.0. The topological polar surface area (TPSA) is 18.5 Å². The van der Waals surface area contributed by atoms with Crippen LogP contribution in [0, 0.1) is 12.3 Å². The molecule has 1 fully saturated rings. The molecule has 1 heterocycles. The fourth-order valence-corrected chi connectivity index (χ4v) is 2.29. The number of likely N-dealkylation sites (tertiary alicyclic amines) is 1. The highest BCUT2D eigenvalue weighted by Gasteiger charge is 2.24. The average molecular weight is 223 g/mol. The summed E-state index contributed by atoms with van der Waals surface area (Å²) in [5.41, 5.74) is 0. The third-order valence-corrected chi connectivity index (χ3v) is 3.45. The van der Waals surface area contributed by atoms with E-state index in [0.717, 1.165) is 6.54 Å². The number of likely N-dealkylation sites (N-methyl/N-ethyl adjacent to an activating group) is 1. The monoisotopic (exact) mass is 223 g/mol. The highest BCUT2D eigenvalue weighted by Crippen LogP contribution is 2.15. The Labute approximate surface area is 100 Å². The van der Waals surface area contributed by atoms with Gasteiger partial charge in [-0.2, -0.15) is 0 Å². The van der Waals surface area contributed by atoms with Crippen molar-refractivity contribution in [3.05, 3.63) is 0 Å². The van der Waals surface area contributed by atoms with E-state index in [-0.39, 0.29) is 0 Å². The van der Waals surface area contributed by atoms with Crippen LogP contribution in [0.3, 0.4) is 0 Å². The fraction of sp³-hybridized carbons (Fsp3) is 0.846. The lowest BCUT2D eigenvalue weighted by Crippen LogP contribution is -2.50. The second-order valence-electron chi connectivity index (χ2n) is 4.94. The van der Waals surface area contributed by atoms with E-state index in [0.29, 0.717) is 18.6 Å². The molecule has 2 atom stereocenters. The van der Waals surface area contributed by atoms with Crippen molar-refractivity contribution in [2.75, 3.05) is 40.3 Å². The summed E-state index contributed by atoms with van der Waals surface area (Å²) >= 11 is 0. The lowest BCUT2D eigenvalue weighted by molar-refractivity contribution is 0.102. The maximum Gasteiger partial charge on any atom is 0.0574 e. The van der Waals surface area contributed by atoms with Crippen molar-refractivity contribution in [2.45, 2.75) is 31.8 Å². The predicted octanol–water partition coefficient (Wildman–Crippen LogP) is 0.624. The van der Waals surface area contributed by atoms with Gasteiger partial charge in [-0.05, 0) is 40.4 Å². The number of nitrogens with one attached hydrogen (secondary N) is 1. The first-order chi connectivity index (χ1) is 7.65. The van der Waals surface area contributed by atoms with E-state index in [1.54, 1.807) is 0 Å². The molecule has 0 amide bonds. The Morgan fingerprint density at radius 1 is 1.56 bits per heavy atom. The summed E-state index contributed by atoms with van der Waals surface area (Å²) in [6.07, 6.45) is 7.86. The van der Waals surface area contributed by atoms with Gasteiger partial charge in [-0.3, -0.25) is 4.90 Å². The summed E-state index contributed by atoms with van der Waals surface area (Å²) in [7, 11) is 4.35. The Morgan fingerprint density at radius 2 is 2.31 bits per heavy atom. The van der Waals surface area contributed by atoms with Gasteiger partial charge in [0.15, 0.2) is 0 Å². The maximum atomic E-state index is 5.22. The third-order valence-electron chi connectivity index (χ3n) is 3.45. The number of piperidine rings is 1. The molecular weight excluding hydrogens is 198 g/mol. The summed E-state index contributed by atoms with van der Waals surface area (Å²) in [6, 6.07) is 1.29. The molecule has 1 rings (SSSR count). The van der Waals surface area contributed by atoms with Gasteiger partial charge in [0.1, 0.15) is 0 Å². The van der Waals surface area contributed by atoms with E-state index in [4.69, 9.17) is 6.42 Å². The summed E-state index contributed by atoms with van der Waals surface area (Å²) in [6.45, 7) is 6.36. The lowest BCUT2D eigenvalue weighted by Gasteiger charge is -2.39. The van der Waals surface area contributed by atoms with Gasteiger partial charge in [0.05, 0.1) is 6.54 Å². The van der Waals surface area contributed by atoms with Crippen LogP contribution >= 0.6 is 0 Å². The Morgan fingerprint density at radius 3 is 2.94 bits per heavy atom. The second kappa shape index (κ2) is 6.90. The van der Waals surface area contributed by atoms with Crippen molar-refractivity contribution >= 4 is 0 Å². The first-order valence-electron chi connectivity index (χ1n) is 6.19. The molecule has 92 valence electrons. The number of hydrogen-bond donors (Lipinski definition) is 1. The molecule has 1 N–H and O–H groups in total. The maximum absolute atomic E-state index is 5.22. The van der Waals surface area contributed by atoms with Gasteiger partial charge >= 0.3 is 0 Å². The molecule has 1 saturated heterocycles. The van der Waals surface area contributed by atoms with E-state index in [9.17, 15) is 0 Å². The summed E-state index contributed by atoms with van der Waals surface area (Å²) in [4.78, 5) is 4.91. The molecule has 1 aliphatic rings. The number of terminal acetylenes is 1. The van der Waals surface area contributed by atoms with Crippen LogP contribution in [0.4, 0.5) is 0 Å². The Bertz CT molecular complexity index is 232. The van der Waals surface area contributed by atoms with Crippen LogP contribution in [0.25, 0.3) is 0 Å². The van der Waals surface area contributed by atoms with Gasteiger partial charge in [-0.15, -0.1) is 6.42 Å². The van der Waals surface area contributed by atoms with Crippen LogP contribution in [-0.4, -0.2) is 62.2 Å². The van der Waals surface area contributed by atoms with Gasteiger partial charge in [0, 0.05) is 25.2 Å². The highest BCUT2D eigenvalue weighted by molar-refractivity contribution is 4.88. The van der Waals surface area contributed by atoms with Crippen LogP contribution in [0.5, 0.6) is 0 Å². The van der Waals surface area contributed by atoms with Crippen molar-refractivity contribution in [2.24, 2.45) is 0 Å². The largest absolute Gasteiger partial charge is 0.305 e. The fourth-order valence-electron chi connectivity index (χ4n) is 2.29. The Balaban J connectivity index is 2.32. The molecule has 3 heteroatoms.